The molecule has 0 aliphatic rings. The maximum atomic E-state index is 6.15. The van der Waals surface area contributed by atoms with Crippen molar-refractivity contribution in [3.63, 3.8) is 0 Å². The zero-order chi connectivity index (χ0) is 11.7. The first-order chi connectivity index (χ1) is 7.63. The van der Waals surface area contributed by atoms with Gasteiger partial charge in [-0.1, -0.05) is 23.2 Å². The monoisotopic (exact) mass is 276 g/mol. The normalized spacial score (nSPS) is 10.8. The molecule has 6 heteroatoms. The van der Waals surface area contributed by atoms with Crippen LogP contribution in [0.4, 0.5) is 0 Å². The number of ether oxygens (including phenoxy) is 1. The number of nitrogens with zero attached hydrogens (tertiary/aromatic N) is 2. The summed E-state index contributed by atoms with van der Waals surface area (Å²) < 4.78 is 5.35. The summed E-state index contributed by atoms with van der Waals surface area (Å²) >= 11 is 17.8. The zero-order valence-electron chi connectivity index (χ0n) is 8.30. The number of halogens is 3. The fraction of sp³-hybridized carbons (Fsp3) is 0.200. The molecular weight excluding hydrogens is 270 g/mol. The highest BCUT2D eigenvalue weighted by atomic mass is 35.5. The molecule has 0 aliphatic carbocycles. The van der Waals surface area contributed by atoms with Gasteiger partial charge in [-0.05, 0) is 30.7 Å². The van der Waals surface area contributed by atoms with E-state index < -0.39 is 0 Å². The quantitative estimate of drug-likeness (QED) is 0.615. The van der Waals surface area contributed by atoms with Crippen LogP contribution in [0.5, 0.6) is 5.75 Å². The van der Waals surface area contributed by atoms with E-state index in [2.05, 4.69) is 9.97 Å². The van der Waals surface area contributed by atoms with Gasteiger partial charge < -0.3 is 4.74 Å². The van der Waals surface area contributed by atoms with Gasteiger partial charge in [-0.25, -0.2) is 9.97 Å². The Balaban J connectivity index is 2.73. The Hall–Kier alpha value is -0.770. The third-order valence-corrected chi connectivity index (χ3v) is 2.81. The Labute approximate surface area is 107 Å². The molecule has 2 rings (SSSR count). The summed E-state index contributed by atoms with van der Waals surface area (Å²) in [6, 6.07) is 3.47. The van der Waals surface area contributed by atoms with Crippen molar-refractivity contribution >= 4 is 45.7 Å². The third-order valence-electron chi connectivity index (χ3n) is 1.99. The lowest BCUT2D eigenvalue weighted by atomic mass is 10.2. The van der Waals surface area contributed by atoms with E-state index in [0.717, 1.165) is 0 Å². The second-order valence-electron chi connectivity index (χ2n) is 2.99. The maximum absolute atomic E-state index is 6.15. The smallest absolute Gasteiger partial charge is 0.224 e. The molecule has 0 N–H and O–H groups in total. The number of hydrogen-bond donors (Lipinski definition) is 0. The van der Waals surface area contributed by atoms with Crippen molar-refractivity contribution in [3.8, 4) is 5.75 Å². The minimum atomic E-state index is 0.0951. The molecule has 0 amide bonds. The van der Waals surface area contributed by atoms with E-state index in [1.54, 1.807) is 12.1 Å². The van der Waals surface area contributed by atoms with Gasteiger partial charge in [0.2, 0.25) is 5.28 Å². The molecule has 1 aromatic carbocycles. The van der Waals surface area contributed by atoms with Gasteiger partial charge in [-0.2, -0.15) is 0 Å². The lowest BCUT2D eigenvalue weighted by Crippen LogP contribution is -1.94. The van der Waals surface area contributed by atoms with Crippen molar-refractivity contribution in [2.24, 2.45) is 0 Å². The van der Waals surface area contributed by atoms with Crippen molar-refractivity contribution in [1.29, 1.82) is 0 Å². The molecular formula is C10H7Cl3N2O. The van der Waals surface area contributed by atoms with Crippen LogP contribution in [0.3, 0.4) is 0 Å². The van der Waals surface area contributed by atoms with Crippen LogP contribution in [-0.2, 0) is 0 Å². The molecule has 0 atom stereocenters. The Kier molecular flexibility index (Phi) is 3.38. The van der Waals surface area contributed by atoms with Crippen LogP contribution in [-0.4, -0.2) is 16.6 Å². The van der Waals surface area contributed by atoms with Gasteiger partial charge in [0.15, 0.2) is 0 Å². The fourth-order valence-corrected chi connectivity index (χ4v) is 2.21. The van der Waals surface area contributed by atoms with Crippen molar-refractivity contribution in [2.75, 3.05) is 6.61 Å². The van der Waals surface area contributed by atoms with Gasteiger partial charge in [-0.15, -0.1) is 0 Å². The van der Waals surface area contributed by atoms with Crippen molar-refractivity contribution in [2.45, 2.75) is 6.92 Å². The van der Waals surface area contributed by atoms with E-state index in [1.807, 2.05) is 6.92 Å². The maximum Gasteiger partial charge on any atom is 0.224 e. The van der Waals surface area contributed by atoms with Crippen LogP contribution in [0, 0.1) is 0 Å². The van der Waals surface area contributed by atoms with Gasteiger partial charge in [0.25, 0.3) is 0 Å². The summed E-state index contributed by atoms with van der Waals surface area (Å²) in [4.78, 5) is 7.87. The van der Waals surface area contributed by atoms with Gasteiger partial charge in [0, 0.05) is 0 Å². The molecule has 2 aromatic rings. The number of aromatic nitrogens is 2. The minimum absolute atomic E-state index is 0.0951. The number of benzene rings is 1. The molecule has 0 aliphatic heterocycles. The van der Waals surface area contributed by atoms with Gasteiger partial charge in [-0.3, -0.25) is 0 Å². The predicted molar refractivity (Wildman–Crippen MR) is 65.7 cm³/mol. The summed E-state index contributed by atoms with van der Waals surface area (Å²) in [6.45, 7) is 2.40. The lowest BCUT2D eigenvalue weighted by molar-refractivity contribution is 0.341. The predicted octanol–water partition coefficient (Wildman–Crippen LogP) is 3.99. The first-order valence-corrected chi connectivity index (χ1v) is 5.71. The first kappa shape index (κ1) is 11.7. The molecule has 0 spiro atoms. The highest BCUT2D eigenvalue weighted by molar-refractivity contribution is 6.42. The largest absolute Gasteiger partial charge is 0.492 e. The van der Waals surface area contributed by atoms with Crippen LogP contribution >= 0.6 is 34.8 Å². The topological polar surface area (TPSA) is 35.0 Å². The van der Waals surface area contributed by atoms with E-state index in [0.29, 0.717) is 28.3 Å². The molecule has 16 heavy (non-hydrogen) atoms. The van der Waals surface area contributed by atoms with Crippen molar-refractivity contribution in [1.82, 2.24) is 9.97 Å². The summed E-state index contributed by atoms with van der Waals surface area (Å²) in [5, 5.41) is 1.28. The van der Waals surface area contributed by atoms with Crippen LogP contribution in [0.1, 0.15) is 6.92 Å². The second-order valence-corrected chi connectivity index (χ2v) is 4.06. The highest BCUT2D eigenvalue weighted by Crippen LogP contribution is 2.35. The van der Waals surface area contributed by atoms with Crippen LogP contribution in [0.2, 0.25) is 15.5 Å². The summed E-state index contributed by atoms with van der Waals surface area (Å²) in [6.07, 6.45) is 0. The highest BCUT2D eigenvalue weighted by Gasteiger charge is 2.12. The van der Waals surface area contributed by atoms with E-state index in [-0.39, 0.29) is 10.4 Å². The van der Waals surface area contributed by atoms with Crippen molar-refractivity contribution < 1.29 is 4.74 Å². The van der Waals surface area contributed by atoms with Crippen LogP contribution in [0.25, 0.3) is 10.9 Å². The summed E-state index contributed by atoms with van der Waals surface area (Å²) in [5.41, 5.74) is 0.596. The molecule has 0 unspecified atom stereocenters. The van der Waals surface area contributed by atoms with Crippen molar-refractivity contribution in [3.05, 3.63) is 27.6 Å². The summed E-state index contributed by atoms with van der Waals surface area (Å²) in [7, 11) is 0. The molecule has 1 heterocycles. The number of fused-ring (bicyclic) bond motifs is 1. The Bertz CT molecular complexity index is 545. The summed E-state index contributed by atoms with van der Waals surface area (Å²) in [5.74, 6) is 0.560. The third kappa shape index (κ3) is 2.03. The first-order valence-electron chi connectivity index (χ1n) is 4.57. The van der Waals surface area contributed by atoms with Gasteiger partial charge in [0.05, 0.1) is 22.5 Å². The van der Waals surface area contributed by atoms with E-state index >= 15 is 0 Å². The molecule has 0 saturated heterocycles. The minimum Gasteiger partial charge on any atom is -0.492 e. The SMILES string of the molecule is CCOc1ccc2nc(Cl)nc(Cl)c2c1Cl. The number of rotatable bonds is 2. The van der Waals surface area contributed by atoms with Crippen LogP contribution < -0.4 is 4.74 Å². The fourth-order valence-electron chi connectivity index (χ4n) is 1.36. The molecule has 0 fully saturated rings. The van der Waals surface area contributed by atoms with Gasteiger partial charge in [0.1, 0.15) is 10.9 Å². The van der Waals surface area contributed by atoms with Gasteiger partial charge >= 0.3 is 0 Å². The molecule has 3 nitrogen and oxygen atoms in total. The average molecular weight is 278 g/mol. The molecule has 1 aromatic heterocycles. The molecule has 0 radical (unpaired) electrons. The number of hydrogen-bond acceptors (Lipinski definition) is 3. The van der Waals surface area contributed by atoms with E-state index in [9.17, 15) is 0 Å². The average Bonchev–Trinajstić information content (AvgIpc) is 2.21. The molecule has 0 saturated carbocycles. The zero-order valence-corrected chi connectivity index (χ0v) is 10.6. The van der Waals surface area contributed by atoms with Crippen LogP contribution in [0.15, 0.2) is 12.1 Å². The van der Waals surface area contributed by atoms with E-state index in [4.69, 9.17) is 39.5 Å². The Morgan fingerprint density at radius 2 is 1.94 bits per heavy atom. The molecule has 84 valence electrons. The lowest BCUT2D eigenvalue weighted by Gasteiger charge is -2.08. The molecule has 0 bridgehead atoms. The Morgan fingerprint density at radius 1 is 1.19 bits per heavy atom. The standard InChI is InChI=1S/C10H7Cl3N2O/c1-2-16-6-4-3-5-7(8(6)11)9(12)15-10(13)14-5/h3-4H,2H2,1H3. The Morgan fingerprint density at radius 3 is 2.62 bits per heavy atom. The van der Waals surface area contributed by atoms with E-state index in [1.165, 1.54) is 0 Å². The second kappa shape index (κ2) is 4.62.